The Hall–Kier alpha value is -1.64. The minimum absolute atomic E-state index is 0.161. The summed E-state index contributed by atoms with van der Waals surface area (Å²) in [5.41, 5.74) is 0.987. The molecule has 0 saturated carbocycles. The van der Waals surface area contributed by atoms with E-state index in [9.17, 15) is 4.79 Å². The molecule has 0 heterocycles. The molecule has 0 spiro atoms. The fraction of sp³-hybridized carbons (Fsp3) is 0.385. The van der Waals surface area contributed by atoms with Crippen LogP contribution in [-0.4, -0.2) is 29.7 Å². The third-order valence-electron chi connectivity index (χ3n) is 2.36. The average Bonchev–Trinajstić information content (AvgIpc) is 2.30. The van der Waals surface area contributed by atoms with Gasteiger partial charge in [0.2, 0.25) is 5.91 Å². The summed E-state index contributed by atoms with van der Waals surface area (Å²) in [6.07, 6.45) is 0. The zero-order chi connectivity index (χ0) is 12.0. The molecule has 0 saturated heterocycles. The lowest BCUT2D eigenvalue weighted by Crippen LogP contribution is -2.32. The smallest absolute Gasteiger partial charge is 0.244 e. The summed E-state index contributed by atoms with van der Waals surface area (Å²) in [4.78, 5) is 17.3. The molecule has 0 aliphatic rings. The Bertz CT molecular complexity index is 367. The van der Waals surface area contributed by atoms with Gasteiger partial charge in [0.15, 0.2) is 0 Å². The van der Waals surface area contributed by atoms with Gasteiger partial charge in [0.1, 0.15) is 5.84 Å². The molecule has 86 valence electrons. The maximum atomic E-state index is 11.1. The summed E-state index contributed by atoms with van der Waals surface area (Å²) >= 11 is 0. The topological polar surface area (TPSA) is 32.7 Å². The van der Waals surface area contributed by atoms with Crippen molar-refractivity contribution < 1.29 is 4.79 Å². The van der Waals surface area contributed by atoms with Gasteiger partial charge in [-0.2, -0.15) is 4.99 Å². The molecule has 0 N–H and O–H groups in total. The Labute approximate surface area is 96.8 Å². The number of amidine groups is 1. The van der Waals surface area contributed by atoms with Gasteiger partial charge in [0.25, 0.3) is 0 Å². The molecule has 16 heavy (non-hydrogen) atoms. The highest BCUT2D eigenvalue weighted by Crippen LogP contribution is 2.06. The molecule has 1 rings (SSSR count). The summed E-state index contributed by atoms with van der Waals surface area (Å²) < 4.78 is 0. The number of carbonyl (C=O) groups excluding carboxylic acids is 1. The minimum Gasteiger partial charge on any atom is -0.357 e. The van der Waals surface area contributed by atoms with Crippen LogP contribution in [0.2, 0.25) is 0 Å². The third-order valence-corrected chi connectivity index (χ3v) is 2.36. The molecule has 0 radical (unpaired) electrons. The van der Waals surface area contributed by atoms with Crippen molar-refractivity contribution in [1.29, 1.82) is 0 Å². The van der Waals surface area contributed by atoms with Crippen molar-refractivity contribution in [3.8, 4) is 0 Å². The maximum Gasteiger partial charge on any atom is 0.244 e. The maximum absolute atomic E-state index is 11.1. The second-order valence-corrected chi connectivity index (χ2v) is 3.49. The fourth-order valence-electron chi connectivity index (χ4n) is 1.58. The minimum atomic E-state index is -0.161. The Morgan fingerprint density at radius 1 is 1.19 bits per heavy atom. The highest BCUT2D eigenvalue weighted by molar-refractivity contribution is 6.04. The number of rotatable bonds is 3. The molecule has 1 aromatic carbocycles. The number of carbonyl (C=O) groups is 1. The molecular formula is C13H18N2O. The molecular weight excluding hydrogens is 200 g/mol. The fourth-order valence-corrected chi connectivity index (χ4v) is 1.58. The lowest BCUT2D eigenvalue weighted by Gasteiger charge is -2.22. The van der Waals surface area contributed by atoms with Crippen molar-refractivity contribution >= 4 is 11.7 Å². The number of nitrogens with zero attached hydrogens (tertiary/aromatic N) is 2. The molecule has 0 aromatic heterocycles. The standard InChI is InChI=1S/C13H18N2O/c1-4-15(5-2)13(14-11(3)16)12-9-7-6-8-10-12/h6-10H,4-5H2,1-3H3/b14-13+. The van der Waals surface area contributed by atoms with Crippen LogP contribution in [0.15, 0.2) is 35.3 Å². The van der Waals surface area contributed by atoms with Gasteiger partial charge in [-0.05, 0) is 13.8 Å². The zero-order valence-electron chi connectivity index (χ0n) is 10.1. The number of amides is 1. The van der Waals surface area contributed by atoms with Gasteiger partial charge in [0.05, 0.1) is 0 Å². The van der Waals surface area contributed by atoms with Gasteiger partial charge in [-0.25, -0.2) is 0 Å². The van der Waals surface area contributed by atoms with E-state index in [1.54, 1.807) is 0 Å². The van der Waals surface area contributed by atoms with Crippen LogP contribution in [0.1, 0.15) is 26.3 Å². The molecule has 0 bridgehead atoms. The Kier molecular flexibility index (Phi) is 4.70. The number of hydrogen-bond acceptors (Lipinski definition) is 1. The summed E-state index contributed by atoms with van der Waals surface area (Å²) in [5, 5.41) is 0. The molecule has 0 aliphatic carbocycles. The second kappa shape index (κ2) is 6.05. The first kappa shape index (κ1) is 12.4. The zero-order valence-corrected chi connectivity index (χ0v) is 10.1. The van der Waals surface area contributed by atoms with Crippen LogP contribution in [0.25, 0.3) is 0 Å². The largest absolute Gasteiger partial charge is 0.357 e. The predicted octanol–water partition coefficient (Wildman–Crippen LogP) is 2.32. The molecule has 0 unspecified atom stereocenters. The molecule has 1 aromatic rings. The summed E-state index contributed by atoms with van der Waals surface area (Å²) in [6.45, 7) is 7.28. The highest BCUT2D eigenvalue weighted by atomic mass is 16.1. The van der Waals surface area contributed by atoms with E-state index in [1.165, 1.54) is 6.92 Å². The van der Waals surface area contributed by atoms with E-state index in [4.69, 9.17) is 0 Å². The lowest BCUT2D eigenvalue weighted by atomic mass is 10.2. The molecule has 3 nitrogen and oxygen atoms in total. The van der Waals surface area contributed by atoms with Gasteiger partial charge < -0.3 is 4.90 Å². The van der Waals surface area contributed by atoms with E-state index in [2.05, 4.69) is 23.7 Å². The van der Waals surface area contributed by atoms with Crippen LogP contribution in [0.3, 0.4) is 0 Å². The molecule has 0 aliphatic heterocycles. The number of benzene rings is 1. The van der Waals surface area contributed by atoms with Crippen molar-refractivity contribution in [2.24, 2.45) is 4.99 Å². The quantitative estimate of drug-likeness (QED) is 0.576. The molecule has 0 atom stereocenters. The van der Waals surface area contributed by atoms with Crippen molar-refractivity contribution in [3.63, 3.8) is 0 Å². The van der Waals surface area contributed by atoms with Crippen LogP contribution in [0.4, 0.5) is 0 Å². The first-order valence-electron chi connectivity index (χ1n) is 5.58. The molecule has 3 heteroatoms. The van der Waals surface area contributed by atoms with E-state index in [-0.39, 0.29) is 5.91 Å². The number of hydrogen-bond donors (Lipinski definition) is 0. The second-order valence-electron chi connectivity index (χ2n) is 3.49. The van der Waals surface area contributed by atoms with Gasteiger partial charge >= 0.3 is 0 Å². The first-order chi connectivity index (χ1) is 7.69. The van der Waals surface area contributed by atoms with E-state index in [1.807, 2.05) is 30.3 Å². The average molecular weight is 218 g/mol. The van der Waals surface area contributed by atoms with Crippen molar-refractivity contribution in [2.45, 2.75) is 20.8 Å². The van der Waals surface area contributed by atoms with Crippen LogP contribution in [0.5, 0.6) is 0 Å². The van der Waals surface area contributed by atoms with Crippen LogP contribution in [-0.2, 0) is 4.79 Å². The highest BCUT2D eigenvalue weighted by Gasteiger charge is 2.10. The van der Waals surface area contributed by atoms with Crippen LogP contribution in [0, 0.1) is 0 Å². The van der Waals surface area contributed by atoms with E-state index < -0.39 is 0 Å². The van der Waals surface area contributed by atoms with Crippen molar-refractivity contribution in [2.75, 3.05) is 13.1 Å². The lowest BCUT2D eigenvalue weighted by molar-refractivity contribution is -0.115. The van der Waals surface area contributed by atoms with E-state index in [0.29, 0.717) is 0 Å². The Morgan fingerprint density at radius 2 is 1.75 bits per heavy atom. The predicted molar refractivity (Wildman–Crippen MR) is 66.6 cm³/mol. The van der Waals surface area contributed by atoms with Crippen molar-refractivity contribution in [1.82, 2.24) is 4.90 Å². The normalized spacial score (nSPS) is 11.3. The van der Waals surface area contributed by atoms with Gasteiger partial charge in [-0.1, -0.05) is 30.3 Å². The van der Waals surface area contributed by atoms with Gasteiger partial charge in [-0.15, -0.1) is 0 Å². The summed E-state index contributed by atoms with van der Waals surface area (Å²) in [5.74, 6) is 0.601. The summed E-state index contributed by atoms with van der Waals surface area (Å²) in [6, 6.07) is 9.81. The summed E-state index contributed by atoms with van der Waals surface area (Å²) in [7, 11) is 0. The van der Waals surface area contributed by atoms with Crippen LogP contribution < -0.4 is 0 Å². The molecule has 1 amide bonds. The SMILES string of the molecule is CCN(CC)/C(=N/C(C)=O)c1ccccc1. The van der Waals surface area contributed by atoms with Gasteiger partial charge in [-0.3, -0.25) is 4.79 Å². The van der Waals surface area contributed by atoms with E-state index >= 15 is 0 Å². The van der Waals surface area contributed by atoms with Crippen molar-refractivity contribution in [3.05, 3.63) is 35.9 Å². The Balaban J connectivity index is 3.11. The van der Waals surface area contributed by atoms with Gasteiger partial charge in [0, 0.05) is 25.6 Å². The Morgan fingerprint density at radius 3 is 2.19 bits per heavy atom. The van der Waals surface area contributed by atoms with Crippen LogP contribution >= 0.6 is 0 Å². The molecule has 0 fully saturated rings. The number of aliphatic imine (C=N–C) groups is 1. The van der Waals surface area contributed by atoms with E-state index in [0.717, 1.165) is 24.5 Å². The third kappa shape index (κ3) is 3.19. The monoisotopic (exact) mass is 218 g/mol. The first-order valence-corrected chi connectivity index (χ1v) is 5.58.